The quantitative estimate of drug-likeness (QED) is 0.199. The largest absolute Gasteiger partial charge is 0.456 e. The molecule has 9 rings (SSSR count). The van der Waals surface area contributed by atoms with Gasteiger partial charge in [-0.1, -0.05) is 121 Å². The van der Waals surface area contributed by atoms with Crippen molar-refractivity contribution in [2.45, 2.75) is 0 Å². The van der Waals surface area contributed by atoms with E-state index < -0.39 is 0 Å². The maximum absolute atomic E-state index is 6.40. The summed E-state index contributed by atoms with van der Waals surface area (Å²) in [5.74, 6) is 0. The average Bonchev–Trinajstić information content (AvgIpc) is 3.47. The van der Waals surface area contributed by atoms with Gasteiger partial charge in [-0.05, 0) is 74.5 Å². The van der Waals surface area contributed by atoms with Crippen molar-refractivity contribution in [1.29, 1.82) is 0 Å². The Bertz CT molecular complexity index is 2490. The zero-order chi connectivity index (χ0) is 29.0. The second kappa shape index (κ2) is 9.86. The molecule has 1 heterocycles. The van der Waals surface area contributed by atoms with E-state index in [0.29, 0.717) is 0 Å². The van der Waals surface area contributed by atoms with Crippen molar-refractivity contribution in [1.82, 2.24) is 0 Å². The van der Waals surface area contributed by atoms with E-state index in [0.717, 1.165) is 39.0 Å². The SMILES string of the molecule is c1ccc(-c2cccc(N(c3ccc4c(c3)oc3ccccc34)c3cc4ccccc4c4c3ccc3ccccc34)c2)cc1. The van der Waals surface area contributed by atoms with Crippen LogP contribution in [0.25, 0.3) is 65.4 Å². The standard InChI is InChI=1S/C42H27NO/c1-2-11-28(12-3-1)30-15-10-16-32(25-30)43(33-22-24-37-36-19-8-9-20-40(36)44-41(37)27-33)39-26-31-14-5-7-18-35(31)42-34-17-6-4-13-29(34)21-23-38(39)42/h1-27H. The van der Waals surface area contributed by atoms with Crippen molar-refractivity contribution in [3.63, 3.8) is 0 Å². The van der Waals surface area contributed by atoms with E-state index in [9.17, 15) is 0 Å². The van der Waals surface area contributed by atoms with Gasteiger partial charge in [0.05, 0.1) is 5.69 Å². The molecule has 0 saturated carbocycles. The fourth-order valence-electron chi connectivity index (χ4n) is 6.77. The lowest BCUT2D eigenvalue weighted by Crippen LogP contribution is -2.11. The Hall–Kier alpha value is -5.86. The average molecular weight is 562 g/mol. The Morgan fingerprint density at radius 1 is 0.364 bits per heavy atom. The minimum Gasteiger partial charge on any atom is -0.456 e. The molecule has 0 aliphatic heterocycles. The number of nitrogens with zero attached hydrogens (tertiary/aromatic N) is 1. The molecule has 9 aromatic rings. The highest BCUT2D eigenvalue weighted by molar-refractivity contribution is 6.24. The highest BCUT2D eigenvalue weighted by atomic mass is 16.3. The van der Waals surface area contributed by atoms with Gasteiger partial charge in [0.15, 0.2) is 0 Å². The van der Waals surface area contributed by atoms with Crippen molar-refractivity contribution < 1.29 is 4.42 Å². The zero-order valence-corrected chi connectivity index (χ0v) is 23.9. The van der Waals surface area contributed by atoms with Crippen molar-refractivity contribution >= 4 is 71.3 Å². The molecule has 0 aliphatic rings. The van der Waals surface area contributed by atoms with Crippen LogP contribution >= 0.6 is 0 Å². The zero-order valence-electron chi connectivity index (χ0n) is 23.9. The van der Waals surface area contributed by atoms with Crippen molar-refractivity contribution in [3.8, 4) is 11.1 Å². The highest BCUT2D eigenvalue weighted by Crippen LogP contribution is 2.45. The van der Waals surface area contributed by atoms with E-state index >= 15 is 0 Å². The van der Waals surface area contributed by atoms with Crippen LogP contribution in [0.1, 0.15) is 0 Å². The number of rotatable bonds is 4. The van der Waals surface area contributed by atoms with Gasteiger partial charge in [-0.15, -0.1) is 0 Å². The van der Waals surface area contributed by atoms with Crippen LogP contribution in [-0.2, 0) is 0 Å². The van der Waals surface area contributed by atoms with Gasteiger partial charge in [-0.2, -0.15) is 0 Å². The lowest BCUT2D eigenvalue weighted by molar-refractivity contribution is 0.669. The monoisotopic (exact) mass is 561 g/mol. The molecule has 2 heteroatoms. The van der Waals surface area contributed by atoms with E-state index in [-0.39, 0.29) is 0 Å². The number of hydrogen-bond acceptors (Lipinski definition) is 2. The molecule has 0 radical (unpaired) electrons. The van der Waals surface area contributed by atoms with E-state index in [1.807, 2.05) is 12.1 Å². The van der Waals surface area contributed by atoms with E-state index in [1.165, 1.54) is 43.4 Å². The van der Waals surface area contributed by atoms with Gasteiger partial charge in [-0.3, -0.25) is 0 Å². The van der Waals surface area contributed by atoms with Crippen LogP contribution in [0.2, 0.25) is 0 Å². The molecular weight excluding hydrogens is 534 g/mol. The topological polar surface area (TPSA) is 16.4 Å². The first-order valence-electron chi connectivity index (χ1n) is 15.0. The summed E-state index contributed by atoms with van der Waals surface area (Å²) < 4.78 is 6.40. The van der Waals surface area contributed by atoms with Crippen LogP contribution in [0.3, 0.4) is 0 Å². The summed E-state index contributed by atoms with van der Waals surface area (Å²) in [5.41, 5.74) is 7.41. The highest BCUT2D eigenvalue weighted by Gasteiger charge is 2.20. The third kappa shape index (κ3) is 3.89. The maximum Gasteiger partial charge on any atom is 0.137 e. The van der Waals surface area contributed by atoms with Gasteiger partial charge in [0.1, 0.15) is 11.2 Å². The number of para-hydroxylation sites is 1. The molecule has 0 spiro atoms. The Labute approximate surface area is 255 Å². The Morgan fingerprint density at radius 3 is 1.86 bits per heavy atom. The second-order valence-electron chi connectivity index (χ2n) is 11.4. The summed E-state index contributed by atoms with van der Waals surface area (Å²) in [6.45, 7) is 0. The van der Waals surface area contributed by atoms with E-state index in [4.69, 9.17) is 4.42 Å². The van der Waals surface area contributed by atoms with Crippen LogP contribution < -0.4 is 4.90 Å². The van der Waals surface area contributed by atoms with Crippen molar-refractivity contribution in [3.05, 3.63) is 164 Å². The van der Waals surface area contributed by atoms with Gasteiger partial charge in [0.2, 0.25) is 0 Å². The van der Waals surface area contributed by atoms with Crippen LogP contribution in [0.5, 0.6) is 0 Å². The number of fused-ring (bicyclic) bond motifs is 8. The van der Waals surface area contributed by atoms with Crippen LogP contribution in [-0.4, -0.2) is 0 Å². The number of hydrogen-bond donors (Lipinski definition) is 0. The summed E-state index contributed by atoms with van der Waals surface area (Å²) in [5, 5.41) is 9.69. The third-order valence-electron chi connectivity index (χ3n) is 8.80. The molecule has 44 heavy (non-hydrogen) atoms. The molecule has 0 amide bonds. The van der Waals surface area contributed by atoms with Crippen molar-refractivity contribution in [2.24, 2.45) is 0 Å². The maximum atomic E-state index is 6.40. The molecular formula is C42H27NO. The van der Waals surface area contributed by atoms with Crippen LogP contribution in [0.15, 0.2) is 168 Å². The minimum atomic E-state index is 0.878. The smallest absolute Gasteiger partial charge is 0.137 e. The first-order chi connectivity index (χ1) is 21.8. The molecule has 1 aromatic heterocycles. The molecule has 0 N–H and O–H groups in total. The molecule has 0 fully saturated rings. The molecule has 8 aromatic carbocycles. The summed E-state index contributed by atoms with van der Waals surface area (Å²) in [7, 11) is 0. The molecule has 0 unspecified atom stereocenters. The molecule has 0 aliphatic carbocycles. The van der Waals surface area contributed by atoms with Gasteiger partial charge in [0, 0.05) is 33.6 Å². The Morgan fingerprint density at radius 2 is 1.00 bits per heavy atom. The van der Waals surface area contributed by atoms with Crippen molar-refractivity contribution in [2.75, 3.05) is 4.90 Å². The summed E-state index contributed by atoms with van der Waals surface area (Å²) in [4.78, 5) is 2.39. The third-order valence-corrected chi connectivity index (χ3v) is 8.80. The number of anilines is 3. The van der Waals surface area contributed by atoms with Crippen LogP contribution in [0, 0.1) is 0 Å². The summed E-state index contributed by atoms with van der Waals surface area (Å²) in [6.07, 6.45) is 0. The number of benzene rings is 8. The Balaban J connectivity index is 1.37. The minimum absolute atomic E-state index is 0.878. The van der Waals surface area contributed by atoms with Gasteiger partial charge in [-0.25, -0.2) is 0 Å². The lowest BCUT2D eigenvalue weighted by Gasteiger charge is -2.28. The molecule has 0 atom stereocenters. The summed E-state index contributed by atoms with van der Waals surface area (Å²) in [6, 6.07) is 58.6. The van der Waals surface area contributed by atoms with Gasteiger partial charge >= 0.3 is 0 Å². The predicted molar refractivity (Wildman–Crippen MR) is 186 cm³/mol. The fraction of sp³-hybridized carbons (Fsp3) is 0. The normalized spacial score (nSPS) is 11.6. The fourth-order valence-corrected chi connectivity index (χ4v) is 6.77. The molecule has 2 nitrogen and oxygen atoms in total. The number of furan rings is 1. The molecule has 0 saturated heterocycles. The second-order valence-corrected chi connectivity index (χ2v) is 11.4. The van der Waals surface area contributed by atoms with E-state index in [2.05, 4.69) is 157 Å². The lowest BCUT2D eigenvalue weighted by atomic mass is 9.94. The Kier molecular flexibility index (Phi) is 5.54. The van der Waals surface area contributed by atoms with Crippen LogP contribution in [0.4, 0.5) is 17.1 Å². The summed E-state index contributed by atoms with van der Waals surface area (Å²) >= 11 is 0. The first-order valence-corrected chi connectivity index (χ1v) is 15.0. The molecule has 0 bridgehead atoms. The predicted octanol–water partition coefficient (Wildman–Crippen LogP) is 12.2. The van der Waals surface area contributed by atoms with Gasteiger partial charge in [0.25, 0.3) is 0 Å². The van der Waals surface area contributed by atoms with Gasteiger partial charge < -0.3 is 9.32 Å². The first kappa shape index (κ1) is 24.7. The molecule has 206 valence electrons. The van der Waals surface area contributed by atoms with E-state index in [1.54, 1.807) is 0 Å².